The maximum Gasteiger partial charge on any atom is 0.311 e. The van der Waals surface area contributed by atoms with Crippen molar-refractivity contribution in [1.29, 1.82) is 0 Å². The van der Waals surface area contributed by atoms with Crippen molar-refractivity contribution in [3.8, 4) is 16.9 Å². The third kappa shape index (κ3) is 5.77. The van der Waals surface area contributed by atoms with Crippen molar-refractivity contribution < 1.29 is 32.3 Å². The number of piperidine rings is 1. The second-order valence-electron chi connectivity index (χ2n) is 13.7. The van der Waals surface area contributed by atoms with Crippen LogP contribution in [0.2, 0.25) is 0 Å². The summed E-state index contributed by atoms with van der Waals surface area (Å²) in [6.07, 6.45) is 4.17. The zero-order valence-corrected chi connectivity index (χ0v) is 25.4. The molecule has 2 aromatic rings. The molecule has 7 rings (SSSR count). The Morgan fingerprint density at radius 3 is 2.45 bits per heavy atom. The molecule has 0 N–H and O–H groups in total. The van der Waals surface area contributed by atoms with Gasteiger partial charge in [-0.1, -0.05) is 23.4 Å². The first-order valence-electron chi connectivity index (χ1n) is 15.9. The SMILES string of the molecule is CCOC(=O)C1(C)CCN(C2=NOC3(C2)CN(Cc2cc(OC[C@H]4CC4(F)F)c(-c4ccc(F)cc4)c(C4CC4)c2)C3)CC1. The monoisotopic (exact) mass is 611 g/mol. The molecule has 236 valence electrons. The van der Waals surface area contributed by atoms with Gasteiger partial charge < -0.3 is 19.2 Å². The van der Waals surface area contributed by atoms with E-state index >= 15 is 0 Å². The van der Waals surface area contributed by atoms with Crippen LogP contribution in [0, 0.1) is 17.2 Å². The Morgan fingerprint density at radius 2 is 1.82 bits per heavy atom. The largest absolute Gasteiger partial charge is 0.492 e. The van der Waals surface area contributed by atoms with Crippen LogP contribution in [0.1, 0.15) is 69.4 Å². The molecule has 10 heteroatoms. The van der Waals surface area contributed by atoms with E-state index in [1.165, 1.54) is 12.1 Å². The molecular weight excluding hydrogens is 571 g/mol. The van der Waals surface area contributed by atoms with E-state index < -0.39 is 17.3 Å². The molecule has 44 heavy (non-hydrogen) atoms. The van der Waals surface area contributed by atoms with Gasteiger partial charge in [0.25, 0.3) is 5.92 Å². The first-order chi connectivity index (χ1) is 21.1. The number of likely N-dealkylation sites (tertiary alicyclic amines) is 2. The summed E-state index contributed by atoms with van der Waals surface area (Å²) in [4.78, 5) is 23.0. The highest BCUT2D eigenvalue weighted by atomic mass is 19.3. The maximum absolute atomic E-state index is 13.8. The zero-order chi connectivity index (χ0) is 30.7. The number of esters is 1. The average Bonchev–Trinajstić information content (AvgIpc) is 3.88. The molecule has 2 saturated heterocycles. The lowest BCUT2D eigenvalue weighted by Gasteiger charge is -2.46. The summed E-state index contributed by atoms with van der Waals surface area (Å²) in [5.74, 6) is -1.94. The van der Waals surface area contributed by atoms with Crippen LogP contribution in [0.5, 0.6) is 5.75 Å². The summed E-state index contributed by atoms with van der Waals surface area (Å²) in [6, 6.07) is 10.5. The van der Waals surface area contributed by atoms with Gasteiger partial charge in [0.2, 0.25) is 0 Å². The van der Waals surface area contributed by atoms with Gasteiger partial charge >= 0.3 is 5.97 Å². The fraction of sp³-hybridized carbons (Fsp3) is 0.588. The third-order valence-corrected chi connectivity index (χ3v) is 9.99. The van der Waals surface area contributed by atoms with Gasteiger partial charge in [0.15, 0.2) is 5.60 Å². The Kier molecular flexibility index (Phi) is 7.34. The second-order valence-corrected chi connectivity index (χ2v) is 13.7. The molecule has 5 aliphatic rings. The molecule has 0 amide bonds. The van der Waals surface area contributed by atoms with E-state index in [1.807, 2.05) is 19.9 Å². The molecule has 0 aromatic heterocycles. The number of hydrogen-bond donors (Lipinski definition) is 0. The van der Waals surface area contributed by atoms with Crippen LogP contribution >= 0.6 is 0 Å². The lowest BCUT2D eigenvalue weighted by molar-refractivity contribution is -0.156. The van der Waals surface area contributed by atoms with Gasteiger partial charge in [-0.25, -0.2) is 13.2 Å². The van der Waals surface area contributed by atoms with Crippen LogP contribution in [0.4, 0.5) is 13.2 Å². The minimum Gasteiger partial charge on any atom is -0.492 e. The van der Waals surface area contributed by atoms with Gasteiger partial charge in [0, 0.05) is 44.7 Å². The highest BCUT2D eigenvalue weighted by Gasteiger charge is 2.57. The molecule has 7 nitrogen and oxygen atoms in total. The number of rotatable bonds is 9. The molecule has 3 aliphatic heterocycles. The van der Waals surface area contributed by atoms with Crippen LogP contribution in [0.3, 0.4) is 0 Å². The number of oxime groups is 1. The summed E-state index contributed by atoms with van der Waals surface area (Å²) in [5.41, 5.74) is 3.14. The molecule has 2 aliphatic carbocycles. The average molecular weight is 612 g/mol. The minimum absolute atomic E-state index is 0.0367. The number of alkyl halides is 2. The summed E-state index contributed by atoms with van der Waals surface area (Å²) in [5, 5.41) is 4.47. The number of carbonyl (C=O) groups excluding carboxylic acids is 1. The highest BCUT2D eigenvalue weighted by molar-refractivity contribution is 5.85. The summed E-state index contributed by atoms with van der Waals surface area (Å²) in [7, 11) is 0. The van der Waals surface area contributed by atoms with Crippen molar-refractivity contribution in [3.63, 3.8) is 0 Å². The molecule has 1 atom stereocenters. The van der Waals surface area contributed by atoms with Crippen LogP contribution in [0.15, 0.2) is 41.6 Å². The molecule has 0 bridgehead atoms. The van der Waals surface area contributed by atoms with Crippen molar-refractivity contribution in [2.75, 3.05) is 39.4 Å². The van der Waals surface area contributed by atoms with E-state index in [2.05, 4.69) is 21.0 Å². The number of ether oxygens (including phenoxy) is 2. The van der Waals surface area contributed by atoms with Crippen LogP contribution < -0.4 is 4.74 Å². The predicted molar refractivity (Wildman–Crippen MR) is 159 cm³/mol. The molecule has 3 heterocycles. The summed E-state index contributed by atoms with van der Waals surface area (Å²) < 4.78 is 52.6. The van der Waals surface area contributed by atoms with Gasteiger partial charge in [-0.3, -0.25) is 9.69 Å². The lowest BCUT2D eigenvalue weighted by Crippen LogP contribution is -2.61. The van der Waals surface area contributed by atoms with Crippen molar-refractivity contribution in [1.82, 2.24) is 9.80 Å². The smallest absolute Gasteiger partial charge is 0.311 e. The first kappa shape index (κ1) is 29.4. The Bertz CT molecular complexity index is 1440. The fourth-order valence-corrected chi connectivity index (χ4v) is 6.93. The molecule has 0 unspecified atom stereocenters. The van der Waals surface area contributed by atoms with Crippen molar-refractivity contribution in [2.45, 2.75) is 76.4 Å². The van der Waals surface area contributed by atoms with E-state index in [4.69, 9.17) is 14.3 Å². The van der Waals surface area contributed by atoms with Crippen molar-refractivity contribution in [2.24, 2.45) is 16.5 Å². The number of hydrogen-bond acceptors (Lipinski definition) is 7. The topological polar surface area (TPSA) is 63.6 Å². The van der Waals surface area contributed by atoms with E-state index in [-0.39, 0.29) is 30.4 Å². The first-order valence-corrected chi connectivity index (χ1v) is 15.9. The van der Waals surface area contributed by atoms with E-state index in [0.717, 1.165) is 86.4 Å². The number of amidine groups is 1. The van der Waals surface area contributed by atoms with Gasteiger partial charge in [0.1, 0.15) is 17.4 Å². The normalized spacial score (nSPS) is 24.8. The number of carbonyl (C=O) groups is 1. The van der Waals surface area contributed by atoms with Crippen molar-refractivity contribution >= 4 is 11.8 Å². The van der Waals surface area contributed by atoms with E-state index in [1.54, 1.807) is 12.1 Å². The van der Waals surface area contributed by atoms with Gasteiger partial charge in [-0.15, -0.1) is 0 Å². The Balaban J connectivity index is 1.02. The molecule has 2 aromatic carbocycles. The van der Waals surface area contributed by atoms with E-state index in [9.17, 15) is 18.0 Å². The molecule has 2 saturated carbocycles. The second kappa shape index (κ2) is 11.0. The quantitative estimate of drug-likeness (QED) is 0.308. The molecule has 4 fully saturated rings. The molecule has 1 spiro atoms. The number of halogens is 3. The fourth-order valence-electron chi connectivity index (χ4n) is 6.93. The predicted octanol–water partition coefficient (Wildman–Crippen LogP) is 6.36. The highest BCUT2D eigenvalue weighted by Crippen LogP contribution is 2.51. The van der Waals surface area contributed by atoms with Crippen LogP contribution in [-0.4, -0.2) is 72.5 Å². The summed E-state index contributed by atoms with van der Waals surface area (Å²) in [6.45, 7) is 7.82. The van der Waals surface area contributed by atoms with Crippen LogP contribution in [0.25, 0.3) is 11.1 Å². The van der Waals surface area contributed by atoms with E-state index in [0.29, 0.717) is 24.8 Å². The standard InChI is InChI=1S/C34H40F3N3O4/c1-3-42-31(41)32(2)10-12-40(13-11-32)29-17-33(44-38-29)20-39(21-33)18-22-14-27(23-4-5-23)30(24-6-8-26(35)9-7-24)28(15-22)43-19-25-16-34(25,36)37/h6-9,14-15,23,25H,3-5,10-13,16-21H2,1-2H3/t25-/m1/s1. The Morgan fingerprint density at radius 1 is 1.11 bits per heavy atom. The molecular formula is C34H40F3N3O4. The van der Waals surface area contributed by atoms with Gasteiger partial charge in [-0.2, -0.15) is 0 Å². The molecule has 0 radical (unpaired) electrons. The third-order valence-electron chi connectivity index (χ3n) is 9.99. The Labute approximate surface area is 256 Å². The lowest BCUT2D eigenvalue weighted by atomic mass is 9.80. The zero-order valence-electron chi connectivity index (χ0n) is 25.4. The number of benzene rings is 2. The minimum atomic E-state index is -2.66. The summed E-state index contributed by atoms with van der Waals surface area (Å²) >= 11 is 0. The Hall–Kier alpha value is -3.27. The maximum atomic E-state index is 13.8. The van der Waals surface area contributed by atoms with Crippen LogP contribution in [-0.2, 0) is 20.9 Å². The van der Waals surface area contributed by atoms with Gasteiger partial charge in [-0.05, 0) is 80.3 Å². The number of nitrogens with zero attached hydrogens (tertiary/aromatic N) is 3. The van der Waals surface area contributed by atoms with Crippen molar-refractivity contribution in [3.05, 3.63) is 53.3 Å². The van der Waals surface area contributed by atoms with Gasteiger partial charge in [0.05, 0.1) is 31.0 Å².